The van der Waals surface area contributed by atoms with Crippen molar-refractivity contribution in [2.45, 2.75) is 18.1 Å². The first-order chi connectivity index (χ1) is 8.86. The Labute approximate surface area is 121 Å². The van der Waals surface area contributed by atoms with E-state index in [1.54, 1.807) is 4.90 Å². The molecule has 1 fully saturated rings. The summed E-state index contributed by atoms with van der Waals surface area (Å²) in [6.07, 6.45) is 0.704. The summed E-state index contributed by atoms with van der Waals surface area (Å²) < 4.78 is 23.5. The molecule has 0 bridgehead atoms. The maximum absolute atomic E-state index is 11.7. The standard InChI is InChI=1S/C12H15BrN2O3S/c13-10-3-1-9(2-4-10)5-6-15-8-11(7-12(15)16)19(14,17)18/h1-4,11H,5-8H2,(H2,14,17,18). The first-order valence-electron chi connectivity index (χ1n) is 5.90. The molecule has 1 aliphatic rings. The molecule has 0 saturated carbocycles. The number of amides is 1. The van der Waals surface area contributed by atoms with Crippen molar-refractivity contribution < 1.29 is 13.2 Å². The maximum atomic E-state index is 11.7. The number of primary sulfonamides is 1. The SMILES string of the molecule is NS(=O)(=O)C1CC(=O)N(CCc2ccc(Br)cc2)C1. The van der Waals surface area contributed by atoms with Crippen LogP contribution in [0.15, 0.2) is 28.7 Å². The molecule has 0 radical (unpaired) electrons. The molecule has 19 heavy (non-hydrogen) atoms. The molecule has 1 aliphatic heterocycles. The second-order valence-electron chi connectivity index (χ2n) is 4.63. The van der Waals surface area contributed by atoms with Gasteiger partial charge in [-0.25, -0.2) is 13.6 Å². The van der Waals surface area contributed by atoms with E-state index in [1.807, 2.05) is 24.3 Å². The summed E-state index contributed by atoms with van der Waals surface area (Å²) in [7, 11) is -3.63. The van der Waals surface area contributed by atoms with Gasteiger partial charge in [0.2, 0.25) is 15.9 Å². The Morgan fingerprint density at radius 2 is 1.95 bits per heavy atom. The van der Waals surface area contributed by atoms with Crippen LogP contribution in [-0.4, -0.2) is 37.6 Å². The van der Waals surface area contributed by atoms with E-state index in [0.29, 0.717) is 13.0 Å². The number of nitrogens with two attached hydrogens (primary N) is 1. The van der Waals surface area contributed by atoms with Crippen LogP contribution in [0.2, 0.25) is 0 Å². The van der Waals surface area contributed by atoms with Gasteiger partial charge in [0.25, 0.3) is 0 Å². The average molecular weight is 347 g/mol. The van der Waals surface area contributed by atoms with Gasteiger partial charge >= 0.3 is 0 Å². The molecular formula is C12H15BrN2O3S. The normalized spacial score (nSPS) is 20.0. The Balaban J connectivity index is 1.94. The molecule has 2 rings (SSSR count). The lowest BCUT2D eigenvalue weighted by atomic mass is 10.1. The van der Waals surface area contributed by atoms with Crippen molar-refractivity contribution in [1.29, 1.82) is 0 Å². The largest absolute Gasteiger partial charge is 0.341 e. The van der Waals surface area contributed by atoms with E-state index < -0.39 is 15.3 Å². The van der Waals surface area contributed by atoms with Crippen molar-refractivity contribution in [3.8, 4) is 0 Å². The second-order valence-corrected chi connectivity index (χ2v) is 7.39. The number of carbonyl (C=O) groups excluding carboxylic acids is 1. The molecule has 0 spiro atoms. The van der Waals surface area contributed by atoms with Gasteiger partial charge in [-0.15, -0.1) is 0 Å². The smallest absolute Gasteiger partial charge is 0.224 e. The van der Waals surface area contributed by atoms with E-state index in [1.165, 1.54) is 0 Å². The molecular weight excluding hydrogens is 332 g/mol. The number of benzene rings is 1. The molecule has 1 aromatic rings. The van der Waals surface area contributed by atoms with Gasteiger partial charge in [0.15, 0.2) is 0 Å². The molecule has 0 aliphatic carbocycles. The zero-order chi connectivity index (χ0) is 14.0. The van der Waals surface area contributed by atoms with Crippen LogP contribution in [0, 0.1) is 0 Å². The molecule has 1 unspecified atom stereocenters. The highest BCUT2D eigenvalue weighted by atomic mass is 79.9. The zero-order valence-electron chi connectivity index (χ0n) is 10.3. The van der Waals surface area contributed by atoms with E-state index in [0.717, 1.165) is 10.0 Å². The molecule has 1 saturated heterocycles. The zero-order valence-corrected chi connectivity index (χ0v) is 12.7. The Morgan fingerprint density at radius 3 is 2.47 bits per heavy atom. The van der Waals surface area contributed by atoms with Crippen LogP contribution < -0.4 is 5.14 Å². The summed E-state index contributed by atoms with van der Waals surface area (Å²) >= 11 is 3.36. The topological polar surface area (TPSA) is 80.5 Å². The van der Waals surface area contributed by atoms with Crippen molar-refractivity contribution in [2.24, 2.45) is 5.14 Å². The highest BCUT2D eigenvalue weighted by molar-refractivity contribution is 9.10. The summed E-state index contributed by atoms with van der Waals surface area (Å²) in [5.41, 5.74) is 1.11. The van der Waals surface area contributed by atoms with E-state index >= 15 is 0 Å². The quantitative estimate of drug-likeness (QED) is 0.878. The van der Waals surface area contributed by atoms with Gasteiger partial charge in [-0.2, -0.15) is 0 Å². The highest BCUT2D eigenvalue weighted by Gasteiger charge is 2.35. The number of likely N-dealkylation sites (tertiary alicyclic amines) is 1. The summed E-state index contributed by atoms with van der Waals surface area (Å²) in [4.78, 5) is 13.3. The van der Waals surface area contributed by atoms with Crippen LogP contribution in [0.3, 0.4) is 0 Å². The van der Waals surface area contributed by atoms with Crippen LogP contribution in [0.1, 0.15) is 12.0 Å². The lowest BCUT2D eigenvalue weighted by Crippen LogP contribution is -2.33. The molecule has 1 aromatic carbocycles. The number of halogens is 1. The lowest BCUT2D eigenvalue weighted by molar-refractivity contribution is -0.127. The van der Waals surface area contributed by atoms with Crippen molar-refractivity contribution in [1.82, 2.24) is 4.90 Å². The summed E-state index contributed by atoms with van der Waals surface area (Å²) in [6.45, 7) is 0.723. The predicted octanol–water partition coefficient (Wildman–Crippen LogP) is 0.881. The third-order valence-electron chi connectivity index (χ3n) is 3.23. The van der Waals surface area contributed by atoms with Crippen LogP contribution in [-0.2, 0) is 21.2 Å². The van der Waals surface area contributed by atoms with Crippen LogP contribution in [0.4, 0.5) is 0 Å². The third-order valence-corrected chi connectivity index (χ3v) is 5.00. The minimum atomic E-state index is -3.63. The number of sulfonamides is 1. The molecule has 1 heterocycles. The van der Waals surface area contributed by atoms with Crippen molar-refractivity contribution in [3.63, 3.8) is 0 Å². The molecule has 0 aromatic heterocycles. The highest BCUT2D eigenvalue weighted by Crippen LogP contribution is 2.17. The average Bonchev–Trinajstić information content (AvgIpc) is 2.70. The predicted molar refractivity (Wildman–Crippen MR) is 75.9 cm³/mol. The van der Waals surface area contributed by atoms with Gasteiger partial charge in [-0.05, 0) is 24.1 Å². The molecule has 2 N–H and O–H groups in total. The first kappa shape index (κ1) is 14.5. The molecule has 1 amide bonds. The Hall–Kier alpha value is -0.920. The number of rotatable bonds is 4. The monoisotopic (exact) mass is 346 g/mol. The molecule has 1 atom stereocenters. The lowest BCUT2D eigenvalue weighted by Gasteiger charge is -2.16. The van der Waals surface area contributed by atoms with Gasteiger partial charge in [-0.1, -0.05) is 28.1 Å². The fourth-order valence-corrected chi connectivity index (χ4v) is 3.11. The minimum absolute atomic E-state index is 0.000822. The summed E-state index contributed by atoms with van der Waals surface area (Å²) in [6, 6.07) is 7.83. The van der Waals surface area contributed by atoms with E-state index in [4.69, 9.17) is 5.14 Å². The summed E-state index contributed by atoms with van der Waals surface area (Å²) in [5.74, 6) is -0.142. The Bertz CT molecular complexity index is 571. The van der Waals surface area contributed by atoms with Crippen LogP contribution >= 0.6 is 15.9 Å². The van der Waals surface area contributed by atoms with Crippen molar-refractivity contribution in [2.75, 3.05) is 13.1 Å². The molecule has 7 heteroatoms. The number of nitrogens with zero attached hydrogens (tertiary/aromatic N) is 1. The number of hydrogen-bond donors (Lipinski definition) is 1. The Morgan fingerprint density at radius 1 is 1.32 bits per heavy atom. The molecule has 5 nitrogen and oxygen atoms in total. The molecule has 104 valence electrons. The first-order valence-corrected chi connectivity index (χ1v) is 8.30. The second kappa shape index (κ2) is 5.60. The van der Waals surface area contributed by atoms with Crippen LogP contribution in [0.25, 0.3) is 0 Å². The third kappa shape index (κ3) is 3.77. The van der Waals surface area contributed by atoms with Gasteiger partial charge < -0.3 is 4.90 Å². The van der Waals surface area contributed by atoms with E-state index in [9.17, 15) is 13.2 Å². The number of carbonyl (C=O) groups is 1. The fraction of sp³-hybridized carbons (Fsp3) is 0.417. The minimum Gasteiger partial charge on any atom is -0.341 e. The van der Waals surface area contributed by atoms with Gasteiger partial charge in [0.1, 0.15) is 5.25 Å². The van der Waals surface area contributed by atoms with Gasteiger partial charge in [0.05, 0.1) is 0 Å². The van der Waals surface area contributed by atoms with Gasteiger partial charge in [-0.3, -0.25) is 4.79 Å². The van der Waals surface area contributed by atoms with Crippen LogP contribution in [0.5, 0.6) is 0 Å². The number of hydrogen-bond acceptors (Lipinski definition) is 3. The van der Waals surface area contributed by atoms with Gasteiger partial charge in [0, 0.05) is 24.0 Å². The summed E-state index contributed by atoms with van der Waals surface area (Å²) in [5, 5.41) is 4.32. The van der Waals surface area contributed by atoms with Crippen molar-refractivity contribution in [3.05, 3.63) is 34.3 Å². The maximum Gasteiger partial charge on any atom is 0.224 e. The van der Waals surface area contributed by atoms with Crippen molar-refractivity contribution >= 4 is 31.9 Å². The Kier molecular flexibility index (Phi) is 4.27. The fourth-order valence-electron chi connectivity index (χ4n) is 2.09. The van der Waals surface area contributed by atoms with E-state index in [-0.39, 0.29) is 18.9 Å². The van der Waals surface area contributed by atoms with E-state index in [2.05, 4.69) is 15.9 Å².